The van der Waals surface area contributed by atoms with Crippen LogP contribution in [0.5, 0.6) is 0 Å². The molecule has 2 aromatic heterocycles. The fraction of sp³-hybridized carbons (Fsp3) is 0.519. The fourth-order valence-electron chi connectivity index (χ4n) is 5.40. The van der Waals surface area contributed by atoms with Crippen LogP contribution in [0.4, 0.5) is 4.79 Å². The lowest BCUT2D eigenvalue weighted by atomic mass is 9.82. The van der Waals surface area contributed by atoms with Crippen LogP contribution < -0.4 is 10.9 Å². The lowest BCUT2D eigenvalue weighted by Gasteiger charge is -2.38. The van der Waals surface area contributed by atoms with Crippen molar-refractivity contribution in [2.24, 2.45) is 13.0 Å². The minimum Gasteiger partial charge on any atom is -0.465 e. The second-order valence-corrected chi connectivity index (χ2v) is 10.6. The van der Waals surface area contributed by atoms with Crippen LogP contribution in [0.2, 0.25) is 0 Å². The third kappa shape index (κ3) is 5.42. The van der Waals surface area contributed by atoms with Crippen LogP contribution in [-0.2, 0) is 24.9 Å². The number of benzene rings is 1. The molecular weight excluding hydrogens is 488 g/mol. The van der Waals surface area contributed by atoms with Crippen molar-refractivity contribution >= 4 is 23.0 Å². The van der Waals surface area contributed by atoms with Gasteiger partial charge < -0.3 is 20.4 Å². The molecule has 0 unspecified atom stereocenters. The highest BCUT2D eigenvalue weighted by molar-refractivity contribution is 5.89. The van der Waals surface area contributed by atoms with Crippen molar-refractivity contribution in [1.29, 1.82) is 0 Å². The molecule has 2 aliphatic rings. The number of likely N-dealkylation sites (tertiary alicyclic amines) is 1. The van der Waals surface area contributed by atoms with E-state index in [9.17, 15) is 19.5 Å². The number of piperidine rings is 1. The summed E-state index contributed by atoms with van der Waals surface area (Å²) in [4.78, 5) is 43.0. The number of aliphatic hydroxyl groups is 1. The molecule has 0 bridgehead atoms. The molecule has 1 aliphatic heterocycles. The molecule has 1 saturated heterocycles. The van der Waals surface area contributed by atoms with Crippen molar-refractivity contribution < 1.29 is 19.8 Å². The Morgan fingerprint density at radius 3 is 2.47 bits per heavy atom. The van der Waals surface area contributed by atoms with Crippen molar-refractivity contribution in [3.8, 4) is 11.3 Å². The molecule has 38 heavy (non-hydrogen) atoms. The molecule has 202 valence electrons. The van der Waals surface area contributed by atoms with E-state index in [1.54, 1.807) is 11.7 Å². The Hall–Kier alpha value is -3.73. The highest BCUT2D eigenvalue weighted by Gasteiger charge is 2.35. The molecule has 1 aliphatic carbocycles. The van der Waals surface area contributed by atoms with E-state index < -0.39 is 11.7 Å². The van der Waals surface area contributed by atoms with Crippen LogP contribution in [0.15, 0.2) is 35.4 Å². The molecule has 0 spiro atoms. The quantitative estimate of drug-likeness (QED) is 0.412. The zero-order valence-electron chi connectivity index (χ0n) is 21.6. The van der Waals surface area contributed by atoms with Gasteiger partial charge in [0.2, 0.25) is 5.91 Å². The third-order valence-electron chi connectivity index (χ3n) is 7.99. The maximum Gasteiger partial charge on any atom is 0.404 e. The lowest BCUT2D eigenvalue weighted by molar-refractivity contribution is -0.136. The van der Waals surface area contributed by atoms with Gasteiger partial charge in [0.25, 0.3) is 5.56 Å². The van der Waals surface area contributed by atoms with Crippen LogP contribution in [0.3, 0.4) is 0 Å². The molecule has 5 rings (SSSR count). The zero-order chi connectivity index (χ0) is 26.9. The maximum atomic E-state index is 13.3. The van der Waals surface area contributed by atoms with Gasteiger partial charge in [-0.2, -0.15) is 5.10 Å². The maximum absolute atomic E-state index is 13.3. The first-order valence-electron chi connectivity index (χ1n) is 13.2. The molecule has 1 aromatic carbocycles. The van der Waals surface area contributed by atoms with Crippen molar-refractivity contribution in [3.63, 3.8) is 0 Å². The second kappa shape index (κ2) is 10.6. The van der Waals surface area contributed by atoms with Crippen molar-refractivity contribution in [3.05, 3.63) is 46.5 Å². The van der Waals surface area contributed by atoms with E-state index in [0.717, 1.165) is 17.5 Å². The number of rotatable bonds is 8. The molecule has 2 fully saturated rings. The van der Waals surface area contributed by atoms with Gasteiger partial charge in [0.1, 0.15) is 5.52 Å². The van der Waals surface area contributed by atoms with E-state index in [1.807, 2.05) is 29.2 Å². The standard InChI is InChI=1S/C27H34N6O5/c1-31-24(20-8-5-19(6-9-20)15-28-26(36)37)22-23(30-31)25(35)33(17-29-22)16-27(38)11-13-32(14-12-27)21(34)10-7-18-3-2-4-18/h5-6,8-9,17-18,28,38H,2-4,7,10-16H2,1H3,(H,36,37). The normalized spacial score (nSPS) is 17.4. The van der Waals surface area contributed by atoms with E-state index >= 15 is 0 Å². The van der Waals surface area contributed by atoms with E-state index in [4.69, 9.17) is 5.11 Å². The van der Waals surface area contributed by atoms with E-state index in [0.29, 0.717) is 49.5 Å². The average Bonchev–Trinajstić information content (AvgIpc) is 3.21. The number of nitrogens with zero attached hydrogens (tertiary/aromatic N) is 5. The summed E-state index contributed by atoms with van der Waals surface area (Å²) in [6.07, 6.45) is 6.45. The predicted molar refractivity (Wildman–Crippen MR) is 140 cm³/mol. The predicted octanol–water partition coefficient (Wildman–Crippen LogP) is 2.50. The third-order valence-corrected chi connectivity index (χ3v) is 7.99. The number of aryl methyl sites for hydroxylation is 1. The largest absolute Gasteiger partial charge is 0.465 e. The van der Waals surface area contributed by atoms with Crippen molar-refractivity contribution in [1.82, 2.24) is 29.5 Å². The summed E-state index contributed by atoms with van der Waals surface area (Å²) >= 11 is 0. The Bertz CT molecular complexity index is 1380. The summed E-state index contributed by atoms with van der Waals surface area (Å²) < 4.78 is 3.02. The van der Waals surface area contributed by atoms with Crippen LogP contribution in [-0.4, -0.2) is 65.1 Å². The van der Waals surface area contributed by atoms with Gasteiger partial charge in [0, 0.05) is 38.7 Å². The smallest absolute Gasteiger partial charge is 0.404 e. The Kier molecular flexibility index (Phi) is 7.20. The summed E-state index contributed by atoms with van der Waals surface area (Å²) in [5.74, 6) is 0.856. The van der Waals surface area contributed by atoms with E-state index in [1.165, 1.54) is 30.2 Å². The highest BCUT2D eigenvalue weighted by atomic mass is 16.4. The molecule has 3 N–H and O–H groups in total. The Labute approximate surface area is 220 Å². The van der Waals surface area contributed by atoms with Crippen LogP contribution >= 0.6 is 0 Å². The molecule has 0 radical (unpaired) electrons. The van der Waals surface area contributed by atoms with E-state index in [-0.39, 0.29) is 30.1 Å². The minimum atomic E-state index is -1.10. The first-order chi connectivity index (χ1) is 18.2. The SMILES string of the molecule is Cn1nc2c(=O)n(CC3(O)CCN(C(=O)CCC4CCC4)CC3)cnc2c1-c1ccc(CNC(=O)O)cc1. The van der Waals surface area contributed by atoms with Gasteiger partial charge >= 0.3 is 6.09 Å². The molecule has 1 saturated carbocycles. The number of carbonyl (C=O) groups excluding carboxylic acids is 1. The van der Waals surface area contributed by atoms with Gasteiger partial charge in [0.15, 0.2) is 5.52 Å². The van der Waals surface area contributed by atoms with Crippen LogP contribution in [0.1, 0.15) is 50.5 Å². The summed E-state index contributed by atoms with van der Waals surface area (Å²) in [6, 6.07) is 7.30. The number of aromatic nitrogens is 4. The number of carbonyl (C=O) groups is 2. The summed E-state index contributed by atoms with van der Waals surface area (Å²) in [7, 11) is 1.74. The van der Waals surface area contributed by atoms with E-state index in [2.05, 4.69) is 15.4 Å². The van der Waals surface area contributed by atoms with Gasteiger partial charge in [-0.3, -0.25) is 18.8 Å². The zero-order valence-corrected chi connectivity index (χ0v) is 21.6. The van der Waals surface area contributed by atoms with Crippen LogP contribution in [0.25, 0.3) is 22.3 Å². The Morgan fingerprint density at radius 2 is 1.84 bits per heavy atom. The van der Waals surface area contributed by atoms with Gasteiger partial charge in [0.05, 0.1) is 24.2 Å². The van der Waals surface area contributed by atoms with Gasteiger partial charge in [-0.1, -0.05) is 43.5 Å². The molecular formula is C27H34N6O5. The molecule has 3 heterocycles. The molecule has 0 atom stereocenters. The second-order valence-electron chi connectivity index (χ2n) is 10.6. The highest BCUT2D eigenvalue weighted by Crippen LogP contribution is 2.31. The number of fused-ring (bicyclic) bond motifs is 1. The summed E-state index contributed by atoms with van der Waals surface area (Å²) in [6.45, 7) is 1.25. The van der Waals surface area contributed by atoms with Crippen LogP contribution in [0, 0.1) is 5.92 Å². The van der Waals surface area contributed by atoms with Crippen molar-refractivity contribution in [2.75, 3.05) is 13.1 Å². The fourth-order valence-corrected chi connectivity index (χ4v) is 5.40. The first-order valence-corrected chi connectivity index (χ1v) is 13.2. The average molecular weight is 523 g/mol. The molecule has 11 nitrogen and oxygen atoms in total. The van der Waals surface area contributed by atoms with Crippen molar-refractivity contribution in [2.45, 2.75) is 63.6 Å². The number of hydrogen-bond acceptors (Lipinski definition) is 6. The minimum absolute atomic E-state index is 0.0933. The molecule has 11 heteroatoms. The van der Waals surface area contributed by atoms with Gasteiger partial charge in [-0.25, -0.2) is 9.78 Å². The molecule has 2 amide bonds. The summed E-state index contributed by atoms with van der Waals surface area (Å²) in [5, 5.41) is 26.8. The number of hydrogen-bond donors (Lipinski definition) is 3. The van der Waals surface area contributed by atoms with Gasteiger partial charge in [-0.15, -0.1) is 0 Å². The Morgan fingerprint density at radius 1 is 1.13 bits per heavy atom. The monoisotopic (exact) mass is 522 g/mol. The lowest BCUT2D eigenvalue weighted by Crippen LogP contribution is -2.49. The number of nitrogens with one attached hydrogen (secondary N) is 1. The summed E-state index contributed by atoms with van der Waals surface area (Å²) in [5.41, 5.74) is 1.53. The number of amides is 2. The molecule has 3 aromatic rings. The van der Waals surface area contributed by atoms with Gasteiger partial charge in [-0.05, 0) is 30.7 Å². The topological polar surface area (TPSA) is 143 Å². The Balaban J connectivity index is 1.27. The number of carboxylic acid groups (broad SMARTS) is 1. The first kappa shape index (κ1) is 25.9.